The van der Waals surface area contributed by atoms with E-state index in [4.69, 9.17) is 0 Å². The fourth-order valence-corrected chi connectivity index (χ4v) is 3.60. The smallest absolute Gasteiger partial charge is 0.243 e. The van der Waals surface area contributed by atoms with Gasteiger partial charge in [0.15, 0.2) is 0 Å². The lowest BCUT2D eigenvalue weighted by Crippen LogP contribution is -2.26. The Bertz CT molecular complexity index is 745. The summed E-state index contributed by atoms with van der Waals surface area (Å²) in [5.74, 6) is 0. The van der Waals surface area contributed by atoms with Crippen LogP contribution in [-0.4, -0.2) is 34.5 Å². The Morgan fingerprint density at radius 3 is 2.50 bits per heavy atom. The molecule has 1 N–H and O–H groups in total. The molecule has 7 nitrogen and oxygen atoms in total. The summed E-state index contributed by atoms with van der Waals surface area (Å²) in [7, 11) is -3.50. The molecule has 2 heterocycles. The van der Waals surface area contributed by atoms with Crippen molar-refractivity contribution in [1.82, 2.24) is 24.3 Å². The average molecular weight is 325 g/mol. The largest absolute Gasteiger partial charge is 0.271 e. The summed E-state index contributed by atoms with van der Waals surface area (Å²) in [5.41, 5.74) is 2.58. The van der Waals surface area contributed by atoms with Crippen LogP contribution in [0.5, 0.6) is 0 Å². The van der Waals surface area contributed by atoms with Crippen molar-refractivity contribution in [3.8, 4) is 0 Å². The molecule has 8 heteroatoms. The predicted octanol–water partition coefficient (Wildman–Crippen LogP) is 1.39. The summed E-state index contributed by atoms with van der Waals surface area (Å²) in [6.07, 6.45) is 2.25. The number of sulfonamides is 1. The van der Waals surface area contributed by atoms with E-state index in [0.29, 0.717) is 31.7 Å². The number of aryl methyl sites for hydroxylation is 5. The second kappa shape index (κ2) is 6.62. The summed E-state index contributed by atoms with van der Waals surface area (Å²) in [6, 6.07) is 2.01. The van der Waals surface area contributed by atoms with Crippen molar-refractivity contribution in [2.24, 2.45) is 0 Å². The summed E-state index contributed by atoms with van der Waals surface area (Å²) in [5, 5.41) is 8.53. The quantitative estimate of drug-likeness (QED) is 0.780. The van der Waals surface area contributed by atoms with Gasteiger partial charge in [0, 0.05) is 31.5 Å². The van der Waals surface area contributed by atoms with Crippen LogP contribution in [0.3, 0.4) is 0 Å². The highest BCUT2D eigenvalue weighted by atomic mass is 32.2. The zero-order valence-electron chi connectivity index (χ0n) is 13.5. The lowest BCUT2D eigenvalue weighted by Gasteiger charge is -2.07. The van der Waals surface area contributed by atoms with Crippen molar-refractivity contribution in [3.05, 3.63) is 29.3 Å². The normalized spacial score (nSPS) is 12.0. The van der Waals surface area contributed by atoms with Crippen LogP contribution in [0, 0.1) is 20.8 Å². The first kappa shape index (κ1) is 16.7. The Morgan fingerprint density at radius 2 is 1.95 bits per heavy atom. The summed E-state index contributed by atoms with van der Waals surface area (Å²) >= 11 is 0. The van der Waals surface area contributed by atoms with Crippen LogP contribution < -0.4 is 4.72 Å². The second-order valence-electron chi connectivity index (χ2n) is 5.34. The molecule has 2 aromatic rings. The summed E-state index contributed by atoms with van der Waals surface area (Å²) < 4.78 is 30.7. The first-order valence-corrected chi connectivity index (χ1v) is 8.86. The number of aromatic nitrogens is 4. The molecule has 2 aromatic heterocycles. The average Bonchev–Trinajstić information content (AvgIpc) is 2.98. The van der Waals surface area contributed by atoms with E-state index < -0.39 is 10.0 Å². The lowest BCUT2D eigenvalue weighted by molar-refractivity contribution is 0.544. The van der Waals surface area contributed by atoms with Gasteiger partial charge in [-0.05, 0) is 40.2 Å². The van der Waals surface area contributed by atoms with E-state index in [-0.39, 0.29) is 4.90 Å². The fourth-order valence-electron chi connectivity index (χ4n) is 2.34. The van der Waals surface area contributed by atoms with Crippen molar-refractivity contribution in [2.75, 3.05) is 6.54 Å². The van der Waals surface area contributed by atoms with Gasteiger partial charge in [-0.25, -0.2) is 13.1 Å². The SMILES string of the molecule is CCn1cc(S(=O)(=O)NCCCn2nc(C)cc2C)c(C)n1. The zero-order chi connectivity index (χ0) is 16.3. The highest BCUT2D eigenvalue weighted by Crippen LogP contribution is 2.13. The van der Waals surface area contributed by atoms with Gasteiger partial charge < -0.3 is 0 Å². The minimum Gasteiger partial charge on any atom is -0.271 e. The molecule has 2 rings (SSSR count). The fraction of sp³-hybridized carbons (Fsp3) is 0.571. The van der Waals surface area contributed by atoms with Crippen LogP contribution in [0.2, 0.25) is 0 Å². The van der Waals surface area contributed by atoms with Gasteiger partial charge in [-0.3, -0.25) is 9.36 Å². The molecule has 0 fully saturated rings. The molecule has 0 saturated carbocycles. The molecule has 0 aliphatic carbocycles. The van der Waals surface area contributed by atoms with Crippen molar-refractivity contribution in [2.45, 2.75) is 52.1 Å². The molecule has 0 radical (unpaired) electrons. The monoisotopic (exact) mass is 325 g/mol. The van der Waals surface area contributed by atoms with Gasteiger partial charge in [-0.15, -0.1) is 0 Å². The van der Waals surface area contributed by atoms with E-state index in [2.05, 4.69) is 14.9 Å². The number of hydrogen-bond acceptors (Lipinski definition) is 4. The molecule has 0 unspecified atom stereocenters. The van der Waals surface area contributed by atoms with Crippen molar-refractivity contribution < 1.29 is 8.42 Å². The third kappa shape index (κ3) is 3.75. The molecule has 0 aromatic carbocycles. The lowest BCUT2D eigenvalue weighted by atomic mass is 10.4. The first-order valence-electron chi connectivity index (χ1n) is 7.38. The second-order valence-corrected chi connectivity index (χ2v) is 7.07. The first-order chi connectivity index (χ1) is 10.3. The third-order valence-electron chi connectivity index (χ3n) is 3.46. The van der Waals surface area contributed by atoms with Gasteiger partial charge in [0.1, 0.15) is 4.90 Å². The maximum Gasteiger partial charge on any atom is 0.243 e. The van der Waals surface area contributed by atoms with Crippen molar-refractivity contribution >= 4 is 10.0 Å². The van der Waals surface area contributed by atoms with E-state index in [9.17, 15) is 8.42 Å². The summed E-state index contributed by atoms with van der Waals surface area (Å²) in [6.45, 7) is 9.27. The number of rotatable bonds is 7. The van der Waals surface area contributed by atoms with Gasteiger partial charge in [0.2, 0.25) is 10.0 Å². The van der Waals surface area contributed by atoms with Crippen LogP contribution in [-0.2, 0) is 23.1 Å². The van der Waals surface area contributed by atoms with Crippen LogP contribution in [0.25, 0.3) is 0 Å². The Balaban J connectivity index is 1.92. The highest BCUT2D eigenvalue weighted by Gasteiger charge is 2.19. The van der Waals surface area contributed by atoms with E-state index in [1.807, 2.05) is 31.5 Å². The van der Waals surface area contributed by atoms with Gasteiger partial charge >= 0.3 is 0 Å². The minimum atomic E-state index is -3.50. The maximum absolute atomic E-state index is 12.3. The van der Waals surface area contributed by atoms with Crippen LogP contribution in [0.15, 0.2) is 17.2 Å². The van der Waals surface area contributed by atoms with E-state index in [1.165, 1.54) is 0 Å². The van der Waals surface area contributed by atoms with E-state index in [1.54, 1.807) is 17.8 Å². The van der Waals surface area contributed by atoms with E-state index in [0.717, 1.165) is 11.4 Å². The van der Waals surface area contributed by atoms with E-state index >= 15 is 0 Å². The molecule has 0 amide bonds. The third-order valence-corrected chi connectivity index (χ3v) is 5.02. The predicted molar refractivity (Wildman–Crippen MR) is 84.1 cm³/mol. The Labute approximate surface area is 131 Å². The van der Waals surface area contributed by atoms with Crippen LogP contribution >= 0.6 is 0 Å². The number of nitrogens with one attached hydrogen (secondary N) is 1. The van der Waals surface area contributed by atoms with Crippen LogP contribution in [0.1, 0.15) is 30.4 Å². The molecule has 0 aliphatic rings. The molecule has 0 spiro atoms. The molecule has 22 heavy (non-hydrogen) atoms. The molecular formula is C14H23N5O2S. The van der Waals surface area contributed by atoms with Gasteiger partial charge in [0.05, 0.1) is 11.4 Å². The number of hydrogen-bond donors (Lipinski definition) is 1. The Kier molecular flexibility index (Phi) is 5.02. The number of nitrogens with zero attached hydrogens (tertiary/aromatic N) is 4. The highest BCUT2D eigenvalue weighted by molar-refractivity contribution is 7.89. The van der Waals surface area contributed by atoms with Gasteiger partial charge in [-0.2, -0.15) is 10.2 Å². The van der Waals surface area contributed by atoms with Crippen molar-refractivity contribution in [3.63, 3.8) is 0 Å². The standard InChI is InChI=1S/C14H23N5O2S/c1-5-18-10-14(13(4)17-18)22(20,21)15-7-6-8-19-12(3)9-11(2)16-19/h9-10,15H,5-8H2,1-4H3. The molecule has 122 valence electrons. The Hall–Kier alpha value is -1.67. The molecule has 0 atom stereocenters. The molecular weight excluding hydrogens is 302 g/mol. The topological polar surface area (TPSA) is 81.8 Å². The maximum atomic E-state index is 12.3. The van der Waals surface area contributed by atoms with Crippen molar-refractivity contribution in [1.29, 1.82) is 0 Å². The van der Waals surface area contributed by atoms with Crippen LogP contribution in [0.4, 0.5) is 0 Å². The zero-order valence-corrected chi connectivity index (χ0v) is 14.3. The Morgan fingerprint density at radius 1 is 1.23 bits per heavy atom. The van der Waals surface area contributed by atoms with Gasteiger partial charge in [-0.1, -0.05) is 0 Å². The molecule has 0 saturated heterocycles. The molecule has 0 aliphatic heterocycles. The van der Waals surface area contributed by atoms with Gasteiger partial charge in [0.25, 0.3) is 0 Å². The summed E-state index contributed by atoms with van der Waals surface area (Å²) in [4.78, 5) is 0.250. The minimum absolute atomic E-state index is 0.250. The molecule has 0 bridgehead atoms.